The average Bonchev–Trinajstić information content (AvgIpc) is 3.51. The van der Waals surface area contributed by atoms with Gasteiger partial charge in [-0.25, -0.2) is 9.97 Å². The first-order chi connectivity index (χ1) is 22.3. The third-order valence-electron chi connectivity index (χ3n) is 8.65. The molecule has 0 fully saturated rings. The Morgan fingerprint density at radius 1 is 0.422 bits per heavy atom. The van der Waals surface area contributed by atoms with Crippen LogP contribution in [0.1, 0.15) is 0 Å². The van der Waals surface area contributed by atoms with Crippen molar-refractivity contribution >= 4 is 43.7 Å². The topological polar surface area (TPSA) is 43.6 Å². The van der Waals surface area contributed by atoms with Crippen LogP contribution in [0, 0.1) is 0 Å². The van der Waals surface area contributed by atoms with E-state index in [1.165, 1.54) is 11.1 Å². The molecule has 0 aliphatic carbocycles. The molecule has 210 valence electrons. The van der Waals surface area contributed by atoms with Gasteiger partial charge in [-0.05, 0) is 53.1 Å². The van der Waals surface area contributed by atoms with Crippen molar-refractivity contribution < 1.29 is 0 Å². The predicted molar refractivity (Wildman–Crippen MR) is 185 cm³/mol. The molecule has 9 aromatic rings. The largest absolute Gasteiger partial charge is 0.292 e. The lowest BCUT2D eigenvalue weighted by molar-refractivity contribution is 1.10. The second kappa shape index (κ2) is 10.2. The highest BCUT2D eigenvalue weighted by Gasteiger charge is 2.16. The second-order valence-electron chi connectivity index (χ2n) is 11.3. The van der Waals surface area contributed by atoms with E-state index in [1.807, 2.05) is 30.5 Å². The number of pyridine rings is 2. The molecular weight excluding hydrogens is 548 g/mol. The Hall–Kier alpha value is -6.13. The summed E-state index contributed by atoms with van der Waals surface area (Å²) >= 11 is 0. The molecular formula is C41H26N4. The summed E-state index contributed by atoms with van der Waals surface area (Å²) in [6.45, 7) is 0. The molecule has 4 nitrogen and oxygen atoms in total. The molecule has 0 aliphatic rings. The van der Waals surface area contributed by atoms with Crippen LogP contribution >= 0.6 is 0 Å². The van der Waals surface area contributed by atoms with Gasteiger partial charge in [0.05, 0.1) is 27.6 Å². The van der Waals surface area contributed by atoms with Gasteiger partial charge in [-0.15, -0.1) is 0 Å². The van der Waals surface area contributed by atoms with E-state index in [-0.39, 0.29) is 0 Å². The number of hydrogen-bond donors (Lipinski definition) is 0. The first kappa shape index (κ1) is 25.4. The van der Waals surface area contributed by atoms with Crippen LogP contribution in [0.2, 0.25) is 0 Å². The molecule has 3 heterocycles. The normalized spacial score (nSPS) is 11.6. The van der Waals surface area contributed by atoms with E-state index >= 15 is 0 Å². The molecule has 0 bridgehead atoms. The number of aromatic nitrogens is 4. The standard InChI is InChI=1S/C41H26N4/c1-2-9-31(10-3-1)41-44-36-14-6-7-15-37(36)45(41)32-23-20-28(21-24-32)27-16-18-29(19-17-27)38-33-12-4-5-13-35(33)43-40-34(38)25-22-30-11-8-26-42-39(30)40/h1-26H. The van der Waals surface area contributed by atoms with Crippen molar-refractivity contribution in [2.24, 2.45) is 0 Å². The van der Waals surface area contributed by atoms with Crippen LogP contribution in [0.15, 0.2) is 158 Å². The minimum atomic E-state index is 0.930. The summed E-state index contributed by atoms with van der Waals surface area (Å²) < 4.78 is 2.25. The van der Waals surface area contributed by atoms with Crippen LogP contribution in [0.3, 0.4) is 0 Å². The van der Waals surface area contributed by atoms with E-state index in [1.54, 1.807) is 0 Å². The number of benzene rings is 6. The summed E-state index contributed by atoms with van der Waals surface area (Å²) in [6, 6.07) is 53.1. The summed E-state index contributed by atoms with van der Waals surface area (Å²) in [5.41, 5.74) is 11.8. The molecule has 0 N–H and O–H groups in total. The van der Waals surface area contributed by atoms with Crippen LogP contribution in [-0.4, -0.2) is 19.5 Å². The Morgan fingerprint density at radius 3 is 1.93 bits per heavy atom. The monoisotopic (exact) mass is 574 g/mol. The molecule has 0 spiro atoms. The van der Waals surface area contributed by atoms with Crippen LogP contribution in [0.25, 0.3) is 83.1 Å². The van der Waals surface area contributed by atoms with Gasteiger partial charge in [0, 0.05) is 39.2 Å². The zero-order valence-corrected chi connectivity index (χ0v) is 24.3. The zero-order valence-electron chi connectivity index (χ0n) is 24.3. The van der Waals surface area contributed by atoms with Crippen LogP contribution < -0.4 is 0 Å². The van der Waals surface area contributed by atoms with E-state index in [9.17, 15) is 0 Å². The quantitative estimate of drug-likeness (QED) is 0.155. The van der Waals surface area contributed by atoms with Gasteiger partial charge in [-0.3, -0.25) is 9.55 Å². The van der Waals surface area contributed by atoms with Crippen molar-refractivity contribution in [3.05, 3.63) is 158 Å². The van der Waals surface area contributed by atoms with Gasteiger partial charge in [-0.2, -0.15) is 0 Å². The van der Waals surface area contributed by atoms with E-state index < -0.39 is 0 Å². The maximum atomic E-state index is 5.06. The molecule has 45 heavy (non-hydrogen) atoms. The second-order valence-corrected chi connectivity index (χ2v) is 11.3. The van der Waals surface area contributed by atoms with Gasteiger partial charge >= 0.3 is 0 Å². The molecule has 0 aliphatic heterocycles. The van der Waals surface area contributed by atoms with Gasteiger partial charge in [0.2, 0.25) is 0 Å². The number of fused-ring (bicyclic) bond motifs is 5. The van der Waals surface area contributed by atoms with E-state index in [0.717, 1.165) is 71.9 Å². The molecule has 0 radical (unpaired) electrons. The van der Waals surface area contributed by atoms with Crippen LogP contribution in [0.4, 0.5) is 0 Å². The lowest BCUT2D eigenvalue weighted by Gasteiger charge is -2.14. The third kappa shape index (κ3) is 4.19. The number of nitrogens with zero attached hydrogens (tertiary/aromatic N) is 4. The molecule has 4 heteroatoms. The fourth-order valence-electron chi connectivity index (χ4n) is 6.50. The fraction of sp³-hybridized carbons (Fsp3) is 0. The molecule has 9 rings (SSSR count). The Labute approximate surface area is 259 Å². The van der Waals surface area contributed by atoms with Gasteiger partial charge in [-0.1, -0.05) is 115 Å². The Kier molecular flexibility index (Phi) is 5.78. The number of rotatable bonds is 4. The molecule has 6 aromatic carbocycles. The van der Waals surface area contributed by atoms with Gasteiger partial charge in [0.25, 0.3) is 0 Å². The minimum absolute atomic E-state index is 0.930. The zero-order chi connectivity index (χ0) is 29.7. The van der Waals surface area contributed by atoms with E-state index in [4.69, 9.17) is 15.0 Å². The van der Waals surface area contributed by atoms with Gasteiger partial charge in [0.15, 0.2) is 0 Å². The first-order valence-electron chi connectivity index (χ1n) is 15.1. The molecule has 0 unspecified atom stereocenters. The summed E-state index contributed by atoms with van der Waals surface area (Å²) in [5, 5.41) is 3.34. The molecule has 0 saturated carbocycles. The lowest BCUT2D eigenvalue weighted by Crippen LogP contribution is -1.97. The van der Waals surface area contributed by atoms with E-state index in [2.05, 4.69) is 132 Å². The van der Waals surface area contributed by atoms with Crippen LogP contribution in [-0.2, 0) is 0 Å². The number of imidazole rings is 1. The Balaban J connectivity index is 1.13. The highest BCUT2D eigenvalue weighted by Crippen LogP contribution is 2.38. The van der Waals surface area contributed by atoms with Crippen molar-refractivity contribution in [3.8, 4) is 39.3 Å². The maximum absolute atomic E-state index is 5.06. The Bertz CT molecular complexity index is 2510. The van der Waals surface area contributed by atoms with Gasteiger partial charge in [0.1, 0.15) is 5.82 Å². The SMILES string of the molecule is c1ccc(-c2nc3ccccc3n2-c2ccc(-c3ccc(-c4c5ccccc5nc5c4ccc4cccnc45)cc3)cc2)cc1. The first-order valence-corrected chi connectivity index (χ1v) is 15.1. The lowest BCUT2D eigenvalue weighted by atomic mass is 9.93. The highest BCUT2D eigenvalue weighted by molar-refractivity contribution is 6.15. The summed E-state index contributed by atoms with van der Waals surface area (Å²) in [6.07, 6.45) is 1.84. The minimum Gasteiger partial charge on any atom is -0.292 e. The van der Waals surface area contributed by atoms with Gasteiger partial charge < -0.3 is 0 Å². The van der Waals surface area contributed by atoms with Crippen LogP contribution in [0.5, 0.6) is 0 Å². The van der Waals surface area contributed by atoms with Crippen molar-refractivity contribution in [3.63, 3.8) is 0 Å². The molecule has 0 amide bonds. The third-order valence-corrected chi connectivity index (χ3v) is 8.65. The van der Waals surface area contributed by atoms with Crippen molar-refractivity contribution in [1.29, 1.82) is 0 Å². The number of para-hydroxylation sites is 3. The van der Waals surface area contributed by atoms with Crippen molar-refractivity contribution in [2.45, 2.75) is 0 Å². The summed E-state index contributed by atoms with van der Waals surface area (Å²) in [7, 11) is 0. The maximum Gasteiger partial charge on any atom is 0.145 e. The fourth-order valence-corrected chi connectivity index (χ4v) is 6.50. The average molecular weight is 575 g/mol. The Morgan fingerprint density at radius 2 is 1.11 bits per heavy atom. The molecule has 0 saturated heterocycles. The molecule has 3 aromatic heterocycles. The van der Waals surface area contributed by atoms with Crippen molar-refractivity contribution in [2.75, 3.05) is 0 Å². The summed E-state index contributed by atoms with van der Waals surface area (Å²) in [4.78, 5) is 14.8. The summed E-state index contributed by atoms with van der Waals surface area (Å²) in [5.74, 6) is 0.939. The smallest absolute Gasteiger partial charge is 0.145 e. The predicted octanol–water partition coefficient (Wildman–Crippen LogP) is 10.3. The number of hydrogen-bond acceptors (Lipinski definition) is 3. The van der Waals surface area contributed by atoms with Crippen molar-refractivity contribution in [1.82, 2.24) is 19.5 Å². The van der Waals surface area contributed by atoms with E-state index in [0.29, 0.717) is 0 Å². The molecule has 0 atom stereocenters. The highest BCUT2D eigenvalue weighted by atomic mass is 15.1.